The van der Waals surface area contributed by atoms with Gasteiger partial charge in [0.05, 0.1) is 5.75 Å². The standard InChI is InChI=1S/C13H20N2O2S/c1-2-18(16,17)15-13-9-7-12(8-10-13)14-11-5-3-4-6-11/h7-11,14-15H,2-6H2,1H3. The van der Waals surface area contributed by atoms with Crippen molar-refractivity contribution in [2.24, 2.45) is 0 Å². The largest absolute Gasteiger partial charge is 0.382 e. The van der Waals surface area contributed by atoms with Crippen LogP contribution in [0.4, 0.5) is 11.4 Å². The molecule has 0 unspecified atom stereocenters. The zero-order valence-electron chi connectivity index (χ0n) is 10.6. The normalized spacial score (nSPS) is 16.7. The highest BCUT2D eigenvalue weighted by atomic mass is 32.2. The summed E-state index contributed by atoms with van der Waals surface area (Å²) in [5.74, 6) is 0.0923. The summed E-state index contributed by atoms with van der Waals surface area (Å²) in [4.78, 5) is 0. The molecule has 1 fully saturated rings. The number of hydrogen-bond donors (Lipinski definition) is 2. The van der Waals surface area contributed by atoms with Crippen LogP contribution in [0.3, 0.4) is 0 Å². The molecule has 18 heavy (non-hydrogen) atoms. The van der Waals surface area contributed by atoms with Gasteiger partial charge in [-0.15, -0.1) is 0 Å². The van der Waals surface area contributed by atoms with E-state index in [1.165, 1.54) is 25.7 Å². The van der Waals surface area contributed by atoms with Crippen molar-refractivity contribution < 1.29 is 8.42 Å². The Hall–Kier alpha value is -1.23. The minimum atomic E-state index is -3.18. The molecule has 2 rings (SSSR count). The molecule has 0 amide bonds. The SMILES string of the molecule is CCS(=O)(=O)Nc1ccc(NC2CCCC2)cc1. The maximum Gasteiger partial charge on any atom is 0.232 e. The number of rotatable bonds is 5. The lowest BCUT2D eigenvalue weighted by molar-refractivity contribution is 0.602. The molecule has 1 saturated carbocycles. The molecular formula is C13H20N2O2S. The Morgan fingerprint density at radius 3 is 2.22 bits per heavy atom. The van der Waals surface area contributed by atoms with E-state index in [9.17, 15) is 8.42 Å². The summed E-state index contributed by atoms with van der Waals surface area (Å²) in [5, 5.41) is 3.47. The van der Waals surface area contributed by atoms with Crippen molar-refractivity contribution in [3.05, 3.63) is 24.3 Å². The summed E-state index contributed by atoms with van der Waals surface area (Å²) < 4.78 is 25.3. The predicted octanol–water partition coefficient (Wildman–Crippen LogP) is 2.80. The molecule has 0 radical (unpaired) electrons. The van der Waals surface area contributed by atoms with Crippen molar-refractivity contribution in [3.8, 4) is 0 Å². The number of sulfonamides is 1. The number of benzene rings is 1. The van der Waals surface area contributed by atoms with Gasteiger partial charge in [0.1, 0.15) is 0 Å². The Bertz CT molecular complexity index is 476. The second kappa shape index (κ2) is 5.61. The molecule has 0 atom stereocenters. The molecule has 0 bridgehead atoms. The van der Waals surface area contributed by atoms with Crippen molar-refractivity contribution >= 4 is 21.4 Å². The molecule has 0 saturated heterocycles. The lowest BCUT2D eigenvalue weighted by atomic mass is 10.2. The molecule has 0 aliphatic heterocycles. The average molecular weight is 268 g/mol. The van der Waals surface area contributed by atoms with Gasteiger partial charge >= 0.3 is 0 Å². The highest BCUT2D eigenvalue weighted by Crippen LogP contribution is 2.23. The van der Waals surface area contributed by atoms with Crippen molar-refractivity contribution in [2.75, 3.05) is 15.8 Å². The minimum absolute atomic E-state index is 0.0923. The maximum absolute atomic E-state index is 11.4. The molecule has 1 aliphatic rings. The van der Waals surface area contributed by atoms with Crippen LogP contribution in [0.25, 0.3) is 0 Å². The molecule has 0 heterocycles. The predicted molar refractivity (Wildman–Crippen MR) is 75.4 cm³/mol. The lowest BCUT2D eigenvalue weighted by Crippen LogP contribution is -2.15. The number of nitrogens with one attached hydrogen (secondary N) is 2. The molecular weight excluding hydrogens is 248 g/mol. The maximum atomic E-state index is 11.4. The third-order valence-electron chi connectivity index (χ3n) is 3.26. The molecule has 1 aliphatic carbocycles. The first-order valence-corrected chi connectivity index (χ1v) is 8.11. The average Bonchev–Trinajstić information content (AvgIpc) is 2.84. The van der Waals surface area contributed by atoms with Crippen LogP contribution in [0.2, 0.25) is 0 Å². The fourth-order valence-corrected chi connectivity index (χ4v) is 2.83. The molecule has 4 nitrogen and oxygen atoms in total. The van der Waals surface area contributed by atoms with Gasteiger partial charge in [0, 0.05) is 17.4 Å². The Morgan fingerprint density at radius 1 is 1.11 bits per heavy atom. The molecule has 2 N–H and O–H groups in total. The van der Waals surface area contributed by atoms with Gasteiger partial charge in [-0.2, -0.15) is 0 Å². The second-order valence-corrected chi connectivity index (χ2v) is 6.72. The highest BCUT2D eigenvalue weighted by molar-refractivity contribution is 7.92. The minimum Gasteiger partial charge on any atom is -0.382 e. The first-order valence-electron chi connectivity index (χ1n) is 6.46. The summed E-state index contributed by atoms with van der Waals surface area (Å²) in [6, 6.07) is 8.01. The van der Waals surface area contributed by atoms with Crippen LogP contribution in [0.15, 0.2) is 24.3 Å². The van der Waals surface area contributed by atoms with E-state index in [1.54, 1.807) is 19.1 Å². The fraction of sp³-hybridized carbons (Fsp3) is 0.538. The van der Waals surface area contributed by atoms with E-state index in [-0.39, 0.29) is 5.75 Å². The van der Waals surface area contributed by atoms with E-state index in [4.69, 9.17) is 0 Å². The molecule has 0 aromatic heterocycles. The van der Waals surface area contributed by atoms with E-state index < -0.39 is 10.0 Å². The number of hydrogen-bond acceptors (Lipinski definition) is 3. The van der Waals surface area contributed by atoms with E-state index in [1.807, 2.05) is 12.1 Å². The quantitative estimate of drug-likeness (QED) is 0.863. The molecule has 100 valence electrons. The Kier molecular flexibility index (Phi) is 4.11. The lowest BCUT2D eigenvalue weighted by Gasteiger charge is -2.14. The highest BCUT2D eigenvalue weighted by Gasteiger charge is 2.14. The van der Waals surface area contributed by atoms with Crippen LogP contribution in [-0.2, 0) is 10.0 Å². The molecule has 5 heteroatoms. The zero-order chi connectivity index (χ0) is 13.0. The third-order valence-corrected chi connectivity index (χ3v) is 4.57. The van der Waals surface area contributed by atoms with Crippen molar-refractivity contribution in [3.63, 3.8) is 0 Å². The van der Waals surface area contributed by atoms with Crippen molar-refractivity contribution in [2.45, 2.75) is 38.6 Å². The van der Waals surface area contributed by atoms with E-state index in [2.05, 4.69) is 10.0 Å². The fourth-order valence-electron chi connectivity index (χ4n) is 2.19. The summed E-state index contributed by atoms with van der Waals surface area (Å²) in [5.41, 5.74) is 1.68. The summed E-state index contributed by atoms with van der Waals surface area (Å²) in [6.45, 7) is 1.62. The van der Waals surface area contributed by atoms with Crippen LogP contribution in [0.5, 0.6) is 0 Å². The van der Waals surface area contributed by atoms with Crippen LogP contribution in [0.1, 0.15) is 32.6 Å². The van der Waals surface area contributed by atoms with Crippen molar-refractivity contribution in [1.82, 2.24) is 0 Å². The first-order chi connectivity index (χ1) is 8.59. The van der Waals surface area contributed by atoms with E-state index in [0.717, 1.165) is 5.69 Å². The molecule has 1 aromatic carbocycles. The Labute approximate surface area is 109 Å². The molecule has 0 spiro atoms. The van der Waals surface area contributed by atoms with Crippen molar-refractivity contribution in [1.29, 1.82) is 0 Å². The smallest absolute Gasteiger partial charge is 0.232 e. The number of anilines is 2. The van der Waals surface area contributed by atoms with E-state index >= 15 is 0 Å². The zero-order valence-corrected chi connectivity index (χ0v) is 11.5. The van der Waals surface area contributed by atoms with Gasteiger partial charge in [-0.1, -0.05) is 12.8 Å². The Balaban J connectivity index is 1.96. The second-order valence-electron chi connectivity index (χ2n) is 4.71. The van der Waals surface area contributed by atoms with Crippen LogP contribution in [-0.4, -0.2) is 20.2 Å². The van der Waals surface area contributed by atoms with Gasteiger partial charge in [0.15, 0.2) is 0 Å². The van der Waals surface area contributed by atoms with E-state index in [0.29, 0.717) is 11.7 Å². The molecule has 1 aromatic rings. The van der Waals surface area contributed by atoms with Crippen LogP contribution >= 0.6 is 0 Å². The van der Waals surface area contributed by atoms with Gasteiger partial charge in [-0.05, 0) is 44.0 Å². The van der Waals surface area contributed by atoms with Gasteiger partial charge in [-0.25, -0.2) is 8.42 Å². The summed E-state index contributed by atoms with van der Waals surface area (Å²) in [6.07, 6.45) is 5.05. The van der Waals surface area contributed by atoms with Gasteiger partial charge < -0.3 is 5.32 Å². The summed E-state index contributed by atoms with van der Waals surface area (Å²) in [7, 11) is -3.18. The first kappa shape index (κ1) is 13.2. The van der Waals surface area contributed by atoms with Gasteiger partial charge in [-0.3, -0.25) is 4.72 Å². The van der Waals surface area contributed by atoms with Crippen LogP contribution < -0.4 is 10.0 Å². The monoisotopic (exact) mass is 268 g/mol. The van der Waals surface area contributed by atoms with Crippen LogP contribution in [0, 0.1) is 0 Å². The Morgan fingerprint density at radius 2 is 1.67 bits per heavy atom. The third kappa shape index (κ3) is 3.63. The summed E-state index contributed by atoms with van der Waals surface area (Å²) >= 11 is 0. The topological polar surface area (TPSA) is 58.2 Å². The van der Waals surface area contributed by atoms with Gasteiger partial charge in [0.25, 0.3) is 0 Å². The van der Waals surface area contributed by atoms with Gasteiger partial charge in [0.2, 0.25) is 10.0 Å².